The van der Waals surface area contributed by atoms with Gasteiger partial charge in [0.2, 0.25) is 11.8 Å². The SMILES string of the molecule is C=CCC(=O)N1CCNCC1C(=O)NC. The number of piperazine rings is 1. The minimum atomic E-state index is -0.392. The van der Waals surface area contributed by atoms with Crippen LogP contribution in [0.5, 0.6) is 0 Å². The van der Waals surface area contributed by atoms with E-state index in [4.69, 9.17) is 0 Å². The molecule has 0 bridgehead atoms. The van der Waals surface area contributed by atoms with Crippen LogP contribution < -0.4 is 10.6 Å². The van der Waals surface area contributed by atoms with Crippen molar-refractivity contribution in [3.8, 4) is 0 Å². The first-order valence-corrected chi connectivity index (χ1v) is 5.03. The van der Waals surface area contributed by atoms with E-state index in [0.29, 0.717) is 13.1 Å². The number of carbonyl (C=O) groups excluding carboxylic acids is 2. The Morgan fingerprint density at radius 1 is 1.67 bits per heavy atom. The molecule has 0 aromatic carbocycles. The van der Waals surface area contributed by atoms with Crippen LogP contribution >= 0.6 is 0 Å². The van der Waals surface area contributed by atoms with E-state index in [9.17, 15) is 9.59 Å². The van der Waals surface area contributed by atoms with Crippen LogP contribution in [-0.4, -0.2) is 49.4 Å². The first-order chi connectivity index (χ1) is 7.20. The van der Waals surface area contributed by atoms with Crippen molar-refractivity contribution >= 4 is 11.8 Å². The van der Waals surface area contributed by atoms with E-state index in [2.05, 4.69) is 17.2 Å². The molecule has 5 heteroatoms. The van der Waals surface area contributed by atoms with Crippen LogP contribution in [0.15, 0.2) is 12.7 Å². The number of nitrogens with one attached hydrogen (secondary N) is 2. The van der Waals surface area contributed by atoms with E-state index in [1.165, 1.54) is 0 Å². The molecule has 1 aliphatic rings. The Kier molecular flexibility index (Phi) is 4.30. The van der Waals surface area contributed by atoms with Gasteiger partial charge in [-0.3, -0.25) is 9.59 Å². The zero-order valence-electron chi connectivity index (χ0n) is 8.95. The van der Waals surface area contributed by atoms with E-state index in [0.717, 1.165) is 6.54 Å². The van der Waals surface area contributed by atoms with Gasteiger partial charge in [0.15, 0.2) is 0 Å². The van der Waals surface area contributed by atoms with E-state index in [1.54, 1.807) is 18.0 Å². The van der Waals surface area contributed by atoms with Crippen LogP contribution in [-0.2, 0) is 9.59 Å². The van der Waals surface area contributed by atoms with Gasteiger partial charge in [0.1, 0.15) is 6.04 Å². The third-order valence-electron chi connectivity index (χ3n) is 2.43. The maximum atomic E-state index is 11.7. The summed E-state index contributed by atoms with van der Waals surface area (Å²) in [5.41, 5.74) is 0. The van der Waals surface area contributed by atoms with Gasteiger partial charge in [0.25, 0.3) is 0 Å². The van der Waals surface area contributed by atoms with Crippen molar-refractivity contribution in [1.82, 2.24) is 15.5 Å². The minimum absolute atomic E-state index is 0.0416. The summed E-state index contributed by atoms with van der Waals surface area (Å²) in [6.45, 7) is 5.34. The van der Waals surface area contributed by atoms with Gasteiger partial charge in [0, 0.05) is 33.1 Å². The second-order valence-electron chi connectivity index (χ2n) is 3.41. The molecule has 0 saturated carbocycles. The van der Waals surface area contributed by atoms with Crippen molar-refractivity contribution in [1.29, 1.82) is 0 Å². The minimum Gasteiger partial charge on any atom is -0.357 e. The normalized spacial score (nSPS) is 20.9. The summed E-state index contributed by atoms with van der Waals surface area (Å²) in [6, 6.07) is -0.392. The molecular weight excluding hydrogens is 194 g/mol. The third kappa shape index (κ3) is 2.79. The highest BCUT2D eigenvalue weighted by molar-refractivity contribution is 5.88. The summed E-state index contributed by atoms with van der Waals surface area (Å²) in [7, 11) is 1.58. The zero-order valence-corrected chi connectivity index (χ0v) is 8.95. The van der Waals surface area contributed by atoms with Crippen molar-refractivity contribution < 1.29 is 9.59 Å². The summed E-state index contributed by atoms with van der Waals surface area (Å²) in [5.74, 6) is -0.167. The molecule has 0 radical (unpaired) electrons. The van der Waals surface area contributed by atoms with Gasteiger partial charge in [-0.05, 0) is 0 Å². The molecule has 0 spiro atoms. The molecule has 0 aliphatic carbocycles. The Bertz CT molecular complexity index is 265. The Morgan fingerprint density at radius 2 is 2.40 bits per heavy atom. The lowest BCUT2D eigenvalue weighted by atomic mass is 10.1. The van der Waals surface area contributed by atoms with Crippen LogP contribution in [0.25, 0.3) is 0 Å². The maximum absolute atomic E-state index is 11.7. The first kappa shape index (κ1) is 11.7. The molecule has 0 aromatic heterocycles. The van der Waals surface area contributed by atoms with Crippen LogP contribution in [0.2, 0.25) is 0 Å². The lowest BCUT2D eigenvalue weighted by Crippen LogP contribution is -2.59. The Labute approximate surface area is 89.5 Å². The van der Waals surface area contributed by atoms with Crippen molar-refractivity contribution in [2.75, 3.05) is 26.7 Å². The first-order valence-electron chi connectivity index (χ1n) is 5.03. The lowest BCUT2D eigenvalue weighted by molar-refractivity contribution is -0.140. The molecule has 1 rings (SSSR count). The van der Waals surface area contributed by atoms with Gasteiger partial charge in [0.05, 0.1) is 0 Å². The monoisotopic (exact) mass is 211 g/mol. The highest BCUT2D eigenvalue weighted by atomic mass is 16.2. The fraction of sp³-hybridized carbons (Fsp3) is 0.600. The van der Waals surface area contributed by atoms with Crippen molar-refractivity contribution in [2.24, 2.45) is 0 Å². The molecule has 1 heterocycles. The zero-order chi connectivity index (χ0) is 11.3. The molecule has 2 amide bonds. The topological polar surface area (TPSA) is 61.4 Å². The van der Waals surface area contributed by atoms with Gasteiger partial charge in [-0.1, -0.05) is 6.08 Å². The quantitative estimate of drug-likeness (QED) is 0.595. The van der Waals surface area contributed by atoms with Crippen LogP contribution in [0.4, 0.5) is 0 Å². The summed E-state index contributed by atoms with van der Waals surface area (Å²) in [4.78, 5) is 24.8. The fourth-order valence-electron chi connectivity index (χ4n) is 1.64. The number of hydrogen-bond donors (Lipinski definition) is 2. The Hall–Kier alpha value is -1.36. The van der Waals surface area contributed by atoms with E-state index in [1.807, 2.05) is 0 Å². The van der Waals surface area contributed by atoms with Crippen molar-refractivity contribution in [3.63, 3.8) is 0 Å². The number of likely N-dealkylation sites (N-methyl/N-ethyl adjacent to an activating group) is 1. The molecule has 2 N–H and O–H groups in total. The smallest absolute Gasteiger partial charge is 0.243 e. The standard InChI is InChI=1S/C10H17N3O2/c1-3-4-9(14)13-6-5-12-7-8(13)10(15)11-2/h3,8,12H,1,4-7H2,2H3,(H,11,15). The summed E-state index contributed by atoms with van der Waals surface area (Å²) in [6.07, 6.45) is 1.85. The van der Waals surface area contributed by atoms with E-state index in [-0.39, 0.29) is 18.2 Å². The summed E-state index contributed by atoms with van der Waals surface area (Å²) < 4.78 is 0. The molecular formula is C10H17N3O2. The molecule has 1 unspecified atom stereocenters. The molecule has 5 nitrogen and oxygen atoms in total. The number of rotatable bonds is 3. The maximum Gasteiger partial charge on any atom is 0.243 e. The van der Waals surface area contributed by atoms with Gasteiger partial charge in [-0.15, -0.1) is 6.58 Å². The third-order valence-corrected chi connectivity index (χ3v) is 2.43. The fourth-order valence-corrected chi connectivity index (χ4v) is 1.64. The number of amides is 2. The van der Waals surface area contributed by atoms with E-state index >= 15 is 0 Å². The molecule has 1 fully saturated rings. The van der Waals surface area contributed by atoms with Crippen LogP contribution in [0, 0.1) is 0 Å². The second kappa shape index (κ2) is 5.50. The molecule has 84 valence electrons. The number of nitrogens with zero attached hydrogens (tertiary/aromatic N) is 1. The highest BCUT2D eigenvalue weighted by Gasteiger charge is 2.30. The average molecular weight is 211 g/mol. The summed E-state index contributed by atoms with van der Waals surface area (Å²) in [5, 5.41) is 5.66. The number of hydrogen-bond acceptors (Lipinski definition) is 3. The largest absolute Gasteiger partial charge is 0.357 e. The molecule has 1 aliphatic heterocycles. The van der Waals surface area contributed by atoms with Crippen LogP contribution in [0.1, 0.15) is 6.42 Å². The molecule has 1 atom stereocenters. The van der Waals surface area contributed by atoms with Gasteiger partial charge < -0.3 is 15.5 Å². The van der Waals surface area contributed by atoms with E-state index < -0.39 is 6.04 Å². The molecule has 0 aromatic rings. The lowest BCUT2D eigenvalue weighted by Gasteiger charge is -2.34. The molecule has 1 saturated heterocycles. The predicted molar refractivity (Wildman–Crippen MR) is 57.3 cm³/mol. The second-order valence-corrected chi connectivity index (χ2v) is 3.41. The van der Waals surface area contributed by atoms with Crippen molar-refractivity contribution in [2.45, 2.75) is 12.5 Å². The van der Waals surface area contributed by atoms with Gasteiger partial charge in [-0.25, -0.2) is 0 Å². The van der Waals surface area contributed by atoms with Crippen molar-refractivity contribution in [3.05, 3.63) is 12.7 Å². The molecule has 15 heavy (non-hydrogen) atoms. The average Bonchev–Trinajstić information content (AvgIpc) is 2.28. The highest BCUT2D eigenvalue weighted by Crippen LogP contribution is 2.06. The predicted octanol–water partition coefficient (Wildman–Crippen LogP) is -0.891. The van der Waals surface area contributed by atoms with Crippen LogP contribution in [0.3, 0.4) is 0 Å². The Balaban J connectivity index is 2.68. The Morgan fingerprint density at radius 3 is 3.00 bits per heavy atom. The number of carbonyl (C=O) groups is 2. The van der Waals surface area contributed by atoms with Gasteiger partial charge >= 0.3 is 0 Å². The van der Waals surface area contributed by atoms with Gasteiger partial charge in [-0.2, -0.15) is 0 Å². The summed E-state index contributed by atoms with van der Waals surface area (Å²) >= 11 is 0.